The second kappa shape index (κ2) is 12.1. The fourth-order valence-corrected chi connectivity index (χ4v) is 2.99. The molecule has 29 heavy (non-hydrogen) atoms. The van der Waals surface area contributed by atoms with Crippen molar-refractivity contribution in [2.45, 2.75) is 46.2 Å². The Morgan fingerprint density at radius 2 is 1.83 bits per heavy atom. The van der Waals surface area contributed by atoms with Gasteiger partial charge in [0.2, 0.25) is 0 Å². The minimum atomic E-state index is 0.648. The summed E-state index contributed by atoms with van der Waals surface area (Å²) < 4.78 is 11.2. The molecule has 0 unspecified atom stereocenters. The van der Waals surface area contributed by atoms with Gasteiger partial charge in [0, 0.05) is 38.7 Å². The molecule has 0 radical (unpaired) electrons. The van der Waals surface area contributed by atoms with Crippen LogP contribution >= 0.6 is 0 Å². The molecule has 0 atom stereocenters. The first-order chi connectivity index (χ1) is 14.1. The average molecular weight is 402 g/mol. The molecule has 0 spiro atoms. The van der Waals surface area contributed by atoms with Crippen molar-refractivity contribution in [1.29, 1.82) is 0 Å². The van der Waals surface area contributed by atoms with Gasteiger partial charge in [-0.1, -0.05) is 31.1 Å². The van der Waals surface area contributed by atoms with Gasteiger partial charge in [0.05, 0.1) is 12.3 Å². The summed E-state index contributed by atoms with van der Waals surface area (Å²) in [5, 5.41) is 10.9. The Morgan fingerprint density at radius 3 is 2.45 bits per heavy atom. The van der Waals surface area contributed by atoms with E-state index in [-0.39, 0.29) is 0 Å². The van der Waals surface area contributed by atoms with Crippen molar-refractivity contribution in [1.82, 2.24) is 20.7 Å². The van der Waals surface area contributed by atoms with Gasteiger partial charge in [-0.05, 0) is 44.6 Å². The predicted molar refractivity (Wildman–Crippen MR) is 117 cm³/mol. The second-order valence-corrected chi connectivity index (χ2v) is 7.17. The van der Waals surface area contributed by atoms with Crippen LogP contribution in [-0.2, 0) is 25.9 Å². The van der Waals surface area contributed by atoms with Gasteiger partial charge in [-0.25, -0.2) is 0 Å². The molecule has 160 valence electrons. The van der Waals surface area contributed by atoms with Crippen molar-refractivity contribution in [2.75, 3.05) is 34.3 Å². The average Bonchev–Trinajstić information content (AvgIpc) is 3.14. The molecular formula is C22H35N5O2. The molecule has 2 rings (SSSR count). The van der Waals surface area contributed by atoms with Gasteiger partial charge >= 0.3 is 0 Å². The molecule has 1 aromatic heterocycles. The molecule has 7 nitrogen and oxygen atoms in total. The summed E-state index contributed by atoms with van der Waals surface area (Å²) in [6.45, 7) is 7.26. The quantitative estimate of drug-likeness (QED) is 0.343. The van der Waals surface area contributed by atoms with Gasteiger partial charge in [-0.2, -0.15) is 0 Å². The number of aliphatic imine (C=N–C) groups is 1. The minimum Gasteiger partial charge on any atom is -0.494 e. The normalized spacial score (nSPS) is 11.7. The number of nitrogens with one attached hydrogen (secondary N) is 2. The van der Waals surface area contributed by atoms with E-state index in [1.165, 1.54) is 5.56 Å². The lowest BCUT2D eigenvalue weighted by molar-refractivity contribution is 0.281. The molecule has 1 heterocycles. The van der Waals surface area contributed by atoms with Crippen LogP contribution in [0.15, 0.2) is 33.8 Å². The van der Waals surface area contributed by atoms with E-state index in [9.17, 15) is 0 Å². The summed E-state index contributed by atoms with van der Waals surface area (Å²) in [6, 6.07) is 8.18. The van der Waals surface area contributed by atoms with Gasteiger partial charge in [-0.3, -0.25) is 4.99 Å². The maximum absolute atomic E-state index is 5.78. The zero-order chi connectivity index (χ0) is 21.1. The summed E-state index contributed by atoms with van der Waals surface area (Å²) in [4.78, 5) is 6.47. The third kappa shape index (κ3) is 7.42. The van der Waals surface area contributed by atoms with E-state index in [1.807, 2.05) is 12.1 Å². The number of guanidine groups is 1. The van der Waals surface area contributed by atoms with E-state index >= 15 is 0 Å². The third-order valence-corrected chi connectivity index (χ3v) is 4.66. The zero-order valence-corrected chi connectivity index (χ0v) is 18.4. The second-order valence-electron chi connectivity index (χ2n) is 7.17. The number of benzene rings is 1. The summed E-state index contributed by atoms with van der Waals surface area (Å²) in [7, 11) is 5.92. The van der Waals surface area contributed by atoms with Gasteiger partial charge in [-0.15, -0.1) is 0 Å². The zero-order valence-electron chi connectivity index (χ0n) is 18.4. The Labute approximate surface area is 174 Å². The lowest BCUT2D eigenvalue weighted by atomic mass is 10.1. The lowest BCUT2D eigenvalue weighted by Gasteiger charge is -2.13. The van der Waals surface area contributed by atoms with Crippen LogP contribution in [0.3, 0.4) is 0 Å². The molecule has 0 aliphatic heterocycles. The van der Waals surface area contributed by atoms with Crippen molar-refractivity contribution >= 4 is 5.96 Å². The SMILES string of the molecule is CCc1noc(CC)c1CNC(=NC)NCc1ccc(OCCCN(C)C)cc1. The standard InChI is InChI=1S/C22H35N5O2/c1-6-20-19(21(7-2)29-26-20)16-25-22(23-3)24-15-17-9-11-18(12-10-17)28-14-8-13-27(4)5/h9-12H,6-8,13-16H2,1-5H3,(H2,23,24,25). The van der Waals surface area contributed by atoms with Crippen LogP contribution in [-0.4, -0.2) is 50.3 Å². The molecule has 0 amide bonds. The van der Waals surface area contributed by atoms with E-state index in [0.29, 0.717) is 13.1 Å². The minimum absolute atomic E-state index is 0.648. The molecule has 0 saturated heterocycles. The van der Waals surface area contributed by atoms with E-state index in [2.05, 4.69) is 65.8 Å². The Bertz CT molecular complexity index is 732. The maximum atomic E-state index is 5.78. The molecule has 1 aromatic carbocycles. The number of ether oxygens (including phenoxy) is 1. The molecule has 7 heteroatoms. The predicted octanol–water partition coefficient (Wildman–Crippen LogP) is 3.00. The fourth-order valence-electron chi connectivity index (χ4n) is 2.99. The number of nitrogens with zero attached hydrogens (tertiary/aromatic N) is 3. The molecule has 0 saturated carbocycles. The van der Waals surface area contributed by atoms with Gasteiger partial charge in [0.1, 0.15) is 11.5 Å². The number of aryl methyl sites for hydroxylation is 2. The molecule has 0 aliphatic carbocycles. The van der Waals surface area contributed by atoms with Gasteiger partial charge < -0.3 is 24.8 Å². The molecule has 0 aliphatic rings. The molecular weight excluding hydrogens is 366 g/mol. The Balaban J connectivity index is 1.80. The Kier molecular flexibility index (Phi) is 9.50. The van der Waals surface area contributed by atoms with Gasteiger partial charge in [0.25, 0.3) is 0 Å². The summed E-state index contributed by atoms with van der Waals surface area (Å²) in [5.41, 5.74) is 3.31. The van der Waals surface area contributed by atoms with E-state index in [1.54, 1.807) is 7.05 Å². The number of rotatable bonds is 11. The topological polar surface area (TPSA) is 74.9 Å². The lowest BCUT2D eigenvalue weighted by Crippen LogP contribution is -2.36. The van der Waals surface area contributed by atoms with Crippen molar-refractivity contribution in [3.05, 3.63) is 46.8 Å². The highest BCUT2D eigenvalue weighted by Gasteiger charge is 2.13. The fraction of sp³-hybridized carbons (Fsp3) is 0.545. The third-order valence-electron chi connectivity index (χ3n) is 4.66. The molecule has 2 aromatic rings. The highest BCUT2D eigenvalue weighted by atomic mass is 16.5. The Morgan fingerprint density at radius 1 is 1.10 bits per heavy atom. The van der Waals surface area contributed by atoms with Crippen LogP contribution in [0.2, 0.25) is 0 Å². The summed E-state index contributed by atoms with van der Waals surface area (Å²) >= 11 is 0. The first-order valence-corrected chi connectivity index (χ1v) is 10.3. The molecule has 2 N–H and O–H groups in total. The summed E-state index contributed by atoms with van der Waals surface area (Å²) in [5.74, 6) is 2.59. The van der Waals surface area contributed by atoms with Crippen LogP contribution in [0.4, 0.5) is 0 Å². The smallest absolute Gasteiger partial charge is 0.191 e. The highest BCUT2D eigenvalue weighted by Crippen LogP contribution is 2.15. The van der Waals surface area contributed by atoms with Crippen LogP contribution in [0.25, 0.3) is 0 Å². The van der Waals surface area contributed by atoms with Crippen LogP contribution in [0.1, 0.15) is 42.8 Å². The van der Waals surface area contributed by atoms with Crippen LogP contribution < -0.4 is 15.4 Å². The van der Waals surface area contributed by atoms with Gasteiger partial charge in [0.15, 0.2) is 5.96 Å². The van der Waals surface area contributed by atoms with Crippen molar-refractivity contribution in [2.24, 2.45) is 4.99 Å². The largest absolute Gasteiger partial charge is 0.494 e. The van der Waals surface area contributed by atoms with Crippen molar-refractivity contribution in [3.63, 3.8) is 0 Å². The van der Waals surface area contributed by atoms with Crippen molar-refractivity contribution < 1.29 is 9.26 Å². The number of hydrogen-bond donors (Lipinski definition) is 2. The van der Waals surface area contributed by atoms with Crippen LogP contribution in [0.5, 0.6) is 5.75 Å². The first-order valence-electron chi connectivity index (χ1n) is 10.3. The van der Waals surface area contributed by atoms with E-state index in [0.717, 1.165) is 61.1 Å². The molecule has 0 fully saturated rings. The first kappa shape index (κ1) is 22.7. The van der Waals surface area contributed by atoms with Crippen molar-refractivity contribution in [3.8, 4) is 5.75 Å². The monoisotopic (exact) mass is 401 g/mol. The number of aromatic nitrogens is 1. The molecule has 0 bridgehead atoms. The number of hydrogen-bond acceptors (Lipinski definition) is 5. The maximum Gasteiger partial charge on any atom is 0.191 e. The Hall–Kier alpha value is -2.54. The van der Waals surface area contributed by atoms with E-state index in [4.69, 9.17) is 9.26 Å². The van der Waals surface area contributed by atoms with Crippen LogP contribution in [0, 0.1) is 0 Å². The summed E-state index contributed by atoms with van der Waals surface area (Å²) in [6.07, 6.45) is 2.71. The highest BCUT2D eigenvalue weighted by molar-refractivity contribution is 5.79. The van der Waals surface area contributed by atoms with E-state index < -0.39 is 0 Å².